The summed E-state index contributed by atoms with van der Waals surface area (Å²) in [6.45, 7) is 9.18. The Balaban J connectivity index is 0.000000280. The van der Waals surface area contributed by atoms with Gasteiger partial charge in [-0.1, -0.05) is 229 Å². The van der Waals surface area contributed by atoms with Gasteiger partial charge in [0.25, 0.3) is 0 Å². The van der Waals surface area contributed by atoms with E-state index in [0.29, 0.717) is 11.8 Å². The monoisotopic (exact) mass is 707 g/mol. The van der Waals surface area contributed by atoms with E-state index in [1.165, 1.54) is 201 Å². The standard InChI is InChI=1S/C26H44.C26H38/c2*1-3-23(2)26-21-19-25(20-22-26)18-12-9-7-5-4-6-8-11-15-24-16-13-10-14-17-24/h19-24H,3-18H2,1-2H3;10,13-14,16-17,19-23H,3-9,11-12,15,18H2,1-2H3. The largest absolute Gasteiger partial charge is 0.0648 e. The van der Waals surface area contributed by atoms with Crippen molar-refractivity contribution in [3.05, 3.63) is 107 Å². The molecule has 0 spiro atoms. The zero-order chi connectivity index (χ0) is 36.9. The molecule has 0 nitrogen and oxygen atoms in total. The van der Waals surface area contributed by atoms with E-state index in [1.54, 1.807) is 0 Å². The van der Waals surface area contributed by atoms with Crippen molar-refractivity contribution < 1.29 is 0 Å². The Morgan fingerprint density at radius 3 is 1.13 bits per heavy atom. The Hall–Kier alpha value is -2.34. The summed E-state index contributed by atoms with van der Waals surface area (Å²) in [6, 6.07) is 29.6. The lowest BCUT2D eigenvalue weighted by Gasteiger charge is -2.21. The molecule has 4 rings (SSSR count). The quantitative estimate of drug-likeness (QED) is 0.0729. The van der Waals surface area contributed by atoms with Gasteiger partial charge in [0.05, 0.1) is 0 Å². The lowest BCUT2D eigenvalue weighted by molar-refractivity contribution is 0.328. The highest BCUT2D eigenvalue weighted by atomic mass is 14.2. The molecule has 0 bridgehead atoms. The molecule has 0 heterocycles. The number of aryl methyl sites for hydroxylation is 3. The van der Waals surface area contributed by atoms with Gasteiger partial charge in [-0.05, 0) is 96.9 Å². The van der Waals surface area contributed by atoms with Crippen LogP contribution < -0.4 is 0 Å². The normalized spacial score (nSPS) is 14.5. The minimum Gasteiger partial charge on any atom is -0.0648 e. The van der Waals surface area contributed by atoms with Crippen LogP contribution in [0.3, 0.4) is 0 Å². The van der Waals surface area contributed by atoms with Crippen LogP contribution in [0.4, 0.5) is 0 Å². The summed E-state index contributed by atoms with van der Waals surface area (Å²) in [6.07, 6.45) is 38.0. The molecule has 0 aliphatic heterocycles. The zero-order valence-electron chi connectivity index (χ0n) is 34.8. The van der Waals surface area contributed by atoms with E-state index in [9.17, 15) is 0 Å². The minimum atomic E-state index is 0.691. The number of hydrogen-bond donors (Lipinski definition) is 0. The van der Waals surface area contributed by atoms with Crippen LogP contribution in [0.5, 0.6) is 0 Å². The molecule has 1 fully saturated rings. The first kappa shape index (κ1) is 44.1. The molecule has 0 amide bonds. The first-order chi connectivity index (χ1) is 25.6. The van der Waals surface area contributed by atoms with Gasteiger partial charge < -0.3 is 0 Å². The third kappa shape index (κ3) is 20.2. The van der Waals surface area contributed by atoms with Crippen LogP contribution in [0.25, 0.3) is 0 Å². The van der Waals surface area contributed by atoms with E-state index in [0.717, 1.165) is 5.92 Å². The van der Waals surface area contributed by atoms with Crippen LogP contribution in [0, 0.1) is 5.92 Å². The second-order valence-electron chi connectivity index (χ2n) is 16.8. The first-order valence-electron chi connectivity index (χ1n) is 22.8. The first-order valence-corrected chi connectivity index (χ1v) is 22.8. The van der Waals surface area contributed by atoms with E-state index in [2.05, 4.69) is 107 Å². The van der Waals surface area contributed by atoms with E-state index in [4.69, 9.17) is 0 Å². The molecular weight excluding hydrogens is 625 g/mol. The SMILES string of the molecule is CCC(C)c1ccc(CCCCCCCCCCC2CCCCC2)cc1.CCC(C)c1ccc(CCCCCCCCCCc2ccccc2)cc1. The molecule has 52 heavy (non-hydrogen) atoms. The van der Waals surface area contributed by atoms with Gasteiger partial charge in [-0.15, -0.1) is 0 Å². The predicted octanol–water partition coefficient (Wildman–Crippen LogP) is 16.9. The van der Waals surface area contributed by atoms with Crippen LogP contribution in [0.15, 0.2) is 78.9 Å². The number of hydrogen-bond acceptors (Lipinski definition) is 0. The van der Waals surface area contributed by atoms with Crippen molar-refractivity contribution in [1.82, 2.24) is 0 Å². The highest BCUT2D eigenvalue weighted by Gasteiger charge is 2.12. The molecule has 0 saturated heterocycles. The van der Waals surface area contributed by atoms with Crippen LogP contribution in [0.1, 0.15) is 221 Å². The molecule has 1 saturated carbocycles. The molecule has 2 unspecified atom stereocenters. The van der Waals surface area contributed by atoms with Crippen molar-refractivity contribution in [1.29, 1.82) is 0 Å². The van der Waals surface area contributed by atoms with E-state index < -0.39 is 0 Å². The Morgan fingerprint density at radius 2 is 0.750 bits per heavy atom. The third-order valence-electron chi connectivity index (χ3n) is 12.4. The smallest absolute Gasteiger partial charge is 0.0193 e. The lowest BCUT2D eigenvalue weighted by atomic mass is 9.85. The minimum absolute atomic E-state index is 0.691. The van der Waals surface area contributed by atoms with Crippen molar-refractivity contribution >= 4 is 0 Å². The van der Waals surface area contributed by atoms with Crippen molar-refractivity contribution in [2.45, 2.75) is 213 Å². The average molecular weight is 707 g/mol. The fraction of sp³-hybridized carbons (Fsp3) is 0.654. The average Bonchev–Trinajstić information content (AvgIpc) is 3.20. The van der Waals surface area contributed by atoms with Gasteiger partial charge in [-0.25, -0.2) is 0 Å². The maximum absolute atomic E-state index is 2.35. The number of rotatable bonds is 26. The summed E-state index contributed by atoms with van der Waals surface area (Å²) in [7, 11) is 0. The van der Waals surface area contributed by atoms with Gasteiger partial charge in [-0.2, -0.15) is 0 Å². The predicted molar refractivity (Wildman–Crippen MR) is 233 cm³/mol. The maximum atomic E-state index is 2.35. The van der Waals surface area contributed by atoms with E-state index >= 15 is 0 Å². The number of benzene rings is 3. The van der Waals surface area contributed by atoms with Gasteiger partial charge in [0.1, 0.15) is 0 Å². The topological polar surface area (TPSA) is 0 Å². The van der Waals surface area contributed by atoms with Gasteiger partial charge in [0.15, 0.2) is 0 Å². The molecule has 290 valence electrons. The molecule has 3 aromatic carbocycles. The molecule has 3 aromatic rings. The highest BCUT2D eigenvalue weighted by molar-refractivity contribution is 5.26. The summed E-state index contributed by atoms with van der Waals surface area (Å²) in [5.74, 6) is 2.48. The molecular formula is C52H82. The molecule has 2 atom stereocenters. The van der Waals surface area contributed by atoms with Crippen molar-refractivity contribution in [2.75, 3.05) is 0 Å². The van der Waals surface area contributed by atoms with Crippen LogP contribution in [-0.4, -0.2) is 0 Å². The summed E-state index contributed by atoms with van der Waals surface area (Å²) >= 11 is 0. The fourth-order valence-electron chi connectivity index (χ4n) is 8.16. The second kappa shape index (κ2) is 29.1. The van der Waals surface area contributed by atoms with Gasteiger partial charge >= 0.3 is 0 Å². The Morgan fingerprint density at radius 1 is 0.404 bits per heavy atom. The molecule has 0 radical (unpaired) electrons. The lowest BCUT2D eigenvalue weighted by Crippen LogP contribution is -2.05. The second-order valence-corrected chi connectivity index (χ2v) is 16.8. The van der Waals surface area contributed by atoms with Gasteiger partial charge in [0.2, 0.25) is 0 Å². The Labute approximate surface area is 324 Å². The third-order valence-corrected chi connectivity index (χ3v) is 12.4. The van der Waals surface area contributed by atoms with Crippen LogP contribution in [0.2, 0.25) is 0 Å². The Kier molecular flexibility index (Phi) is 24.6. The van der Waals surface area contributed by atoms with Crippen molar-refractivity contribution in [3.8, 4) is 0 Å². The molecule has 0 aromatic heterocycles. The summed E-state index contributed by atoms with van der Waals surface area (Å²) < 4.78 is 0. The summed E-state index contributed by atoms with van der Waals surface area (Å²) in [4.78, 5) is 0. The summed E-state index contributed by atoms with van der Waals surface area (Å²) in [5, 5.41) is 0. The van der Waals surface area contributed by atoms with E-state index in [-0.39, 0.29) is 0 Å². The fourth-order valence-corrected chi connectivity index (χ4v) is 8.16. The van der Waals surface area contributed by atoms with Crippen LogP contribution in [-0.2, 0) is 19.3 Å². The zero-order valence-corrected chi connectivity index (χ0v) is 34.8. The molecule has 0 N–H and O–H groups in total. The van der Waals surface area contributed by atoms with E-state index in [1.807, 2.05) is 0 Å². The molecule has 1 aliphatic carbocycles. The molecule has 0 heteroatoms. The maximum Gasteiger partial charge on any atom is -0.0193 e. The van der Waals surface area contributed by atoms with Crippen molar-refractivity contribution in [2.24, 2.45) is 5.92 Å². The van der Waals surface area contributed by atoms with Gasteiger partial charge in [0, 0.05) is 0 Å². The summed E-state index contributed by atoms with van der Waals surface area (Å²) in [5.41, 5.74) is 7.52. The number of unbranched alkanes of at least 4 members (excludes halogenated alkanes) is 14. The molecule has 1 aliphatic rings. The van der Waals surface area contributed by atoms with Crippen LogP contribution >= 0.6 is 0 Å². The Bertz CT molecular complexity index is 1200. The van der Waals surface area contributed by atoms with Crippen molar-refractivity contribution in [3.63, 3.8) is 0 Å². The highest BCUT2D eigenvalue weighted by Crippen LogP contribution is 2.28. The van der Waals surface area contributed by atoms with Gasteiger partial charge in [-0.3, -0.25) is 0 Å².